The number of nitrogens with one attached hydrogen (secondary N) is 1. The summed E-state index contributed by atoms with van der Waals surface area (Å²) in [6, 6.07) is 9.74. The van der Waals surface area contributed by atoms with Gasteiger partial charge in [0, 0.05) is 31.0 Å². The number of amides is 1. The van der Waals surface area contributed by atoms with E-state index < -0.39 is 0 Å². The highest BCUT2D eigenvalue weighted by molar-refractivity contribution is 5.84. The number of likely N-dealkylation sites (tertiary alicyclic amines) is 1. The molecule has 1 amide bonds. The first-order valence-corrected chi connectivity index (χ1v) is 11.8. The van der Waals surface area contributed by atoms with Crippen molar-refractivity contribution >= 4 is 11.7 Å². The molecule has 174 valence electrons. The first-order chi connectivity index (χ1) is 16.5. The molecule has 3 aliphatic rings. The van der Waals surface area contributed by atoms with Crippen molar-refractivity contribution in [3.05, 3.63) is 59.5 Å². The molecule has 0 aliphatic carbocycles. The Morgan fingerprint density at radius 3 is 2.82 bits per heavy atom. The summed E-state index contributed by atoms with van der Waals surface area (Å²) in [6.07, 6.45) is 6.29. The molecule has 34 heavy (non-hydrogen) atoms. The minimum absolute atomic E-state index is 0.137. The number of hydrogen-bond donors (Lipinski definition) is 1. The van der Waals surface area contributed by atoms with Crippen molar-refractivity contribution in [1.29, 1.82) is 0 Å². The number of fused-ring (bicyclic) bond motifs is 2. The minimum Gasteiger partial charge on any atom is -0.454 e. The topological polar surface area (TPSA) is 89.5 Å². The van der Waals surface area contributed by atoms with Gasteiger partial charge in [-0.25, -0.2) is 15.0 Å². The molecule has 1 unspecified atom stereocenters. The number of ether oxygens (including phenoxy) is 2. The third-order valence-corrected chi connectivity index (χ3v) is 7.29. The highest BCUT2D eigenvalue weighted by Gasteiger charge is 2.43. The first-order valence-electron chi connectivity index (χ1n) is 11.8. The molecular weight excluding hydrogens is 430 g/mol. The summed E-state index contributed by atoms with van der Waals surface area (Å²) in [5.41, 5.74) is 3.86. The molecule has 6 rings (SSSR count). The van der Waals surface area contributed by atoms with Crippen molar-refractivity contribution in [1.82, 2.24) is 19.9 Å². The number of hydrogen-bond acceptors (Lipinski definition) is 7. The number of nitrogens with zero attached hydrogens (tertiary/aromatic N) is 4. The van der Waals surface area contributed by atoms with Crippen LogP contribution in [0.15, 0.2) is 42.7 Å². The van der Waals surface area contributed by atoms with Crippen LogP contribution in [0.4, 0.5) is 5.82 Å². The van der Waals surface area contributed by atoms with Gasteiger partial charge in [-0.15, -0.1) is 0 Å². The predicted octanol–water partition coefficient (Wildman–Crippen LogP) is 3.71. The van der Waals surface area contributed by atoms with Gasteiger partial charge in [0.25, 0.3) is 0 Å². The average molecular weight is 458 g/mol. The second kappa shape index (κ2) is 7.97. The number of pyridine rings is 1. The van der Waals surface area contributed by atoms with Crippen LogP contribution in [0, 0.1) is 6.92 Å². The summed E-state index contributed by atoms with van der Waals surface area (Å²) in [7, 11) is 0. The Hall–Kier alpha value is -3.68. The first kappa shape index (κ1) is 20.9. The maximum absolute atomic E-state index is 13.4. The van der Waals surface area contributed by atoms with Crippen LogP contribution >= 0.6 is 0 Å². The normalized spacial score (nSPS) is 21.3. The Morgan fingerprint density at radius 2 is 1.97 bits per heavy atom. The third kappa shape index (κ3) is 3.54. The molecule has 0 radical (unpaired) electrons. The molecule has 3 aromatic rings. The van der Waals surface area contributed by atoms with Gasteiger partial charge in [0.1, 0.15) is 5.82 Å². The largest absolute Gasteiger partial charge is 0.454 e. The van der Waals surface area contributed by atoms with Gasteiger partial charge in [-0.3, -0.25) is 4.79 Å². The summed E-state index contributed by atoms with van der Waals surface area (Å²) < 4.78 is 10.9. The highest BCUT2D eigenvalue weighted by atomic mass is 16.7. The van der Waals surface area contributed by atoms with Crippen LogP contribution in [0.1, 0.15) is 42.5 Å². The number of aromatic nitrogens is 3. The summed E-state index contributed by atoms with van der Waals surface area (Å²) in [5.74, 6) is 2.96. The van der Waals surface area contributed by atoms with Gasteiger partial charge in [0.15, 0.2) is 17.3 Å². The quantitative estimate of drug-likeness (QED) is 0.641. The summed E-state index contributed by atoms with van der Waals surface area (Å²) in [6.45, 7) is 5.62. The number of carbonyl (C=O) groups is 1. The van der Waals surface area contributed by atoms with Crippen LogP contribution < -0.4 is 14.8 Å². The number of aryl methyl sites for hydroxylation is 2. The lowest BCUT2D eigenvalue weighted by atomic mass is 9.86. The fourth-order valence-corrected chi connectivity index (χ4v) is 5.26. The van der Waals surface area contributed by atoms with Gasteiger partial charge in [0.05, 0.1) is 17.2 Å². The number of anilines is 1. The molecule has 8 heteroatoms. The molecule has 5 heterocycles. The molecule has 1 saturated heterocycles. The van der Waals surface area contributed by atoms with Crippen molar-refractivity contribution in [3.63, 3.8) is 0 Å². The van der Waals surface area contributed by atoms with Gasteiger partial charge in [-0.05, 0) is 68.5 Å². The zero-order valence-corrected chi connectivity index (χ0v) is 19.4. The van der Waals surface area contributed by atoms with Crippen LogP contribution in [-0.4, -0.2) is 51.2 Å². The van der Waals surface area contributed by atoms with Crippen molar-refractivity contribution in [2.24, 2.45) is 0 Å². The molecule has 2 aromatic heterocycles. The second-order valence-electron chi connectivity index (χ2n) is 9.45. The van der Waals surface area contributed by atoms with Crippen molar-refractivity contribution in [3.8, 4) is 22.9 Å². The van der Waals surface area contributed by atoms with Gasteiger partial charge < -0.3 is 19.7 Å². The molecule has 1 fully saturated rings. The smallest absolute Gasteiger partial charge is 0.231 e. The van der Waals surface area contributed by atoms with Gasteiger partial charge in [-0.1, -0.05) is 6.07 Å². The van der Waals surface area contributed by atoms with E-state index in [0.717, 1.165) is 54.2 Å². The van der Waals surface area contributed by atoms with E-state index in [1.807, 2.05) is 43.0 Å². The van der Waals surface area contributed by atoms with Crippen molar-refractivity contribution in [2.75, 3.05) is 25.2 Å². The van der Waals surface area contributed by atoms with E-state index in [9.17, 15) is 4.79 Å². The summed E-state index contributed by atoms with van der Waals surface area (Å²) in [5, 5.41) is 3.71. The zero-order valence-electron chi connectivity index (χ0n) is 19.4. The van der Waals surface area contributed by atoms with Gasteiger partial charge in [-0.2, -0.15) is 0 Å². The van der Waals surface area contributed by atoms with Crippen LogP contribution in [0.25, 0.3) is 11.4 Å². The fraction of sp³-hybridized carbons (Fsp3) is 0.385. The van der Waals surface area contributed by atoms with E-state index in [0.29, 0.717) is 18.1 Å². The standard InChI is InChI=1S/C26H27N5O3/c1-16(18-4-5-21-22(13-18)34-15-33-21)25(32)31-11-8-26(14-31)7-6-19-12-20(17(2)29-23(19)30-26)24-27-9-3-10-28-24/h3-5,9-10,12-13,16H,6-8,11,14-15H2,1-2H3,(H,29,30)/t16?,26-/m0/s1. The zero-order chi connectivity index (χ0) is 23.3. The van der Waals surface area contributed by atoms with E-state index in [1.165, 1.54) is 5.56 Å². The monoisotopic (exact) mass is 457 g/mol. The number of rotatable bonds is 3. The molecule has 1 N–H and O–H groups in total. The van der Waals surface area contributed by atoms with Gasteiger partial charge >= 0.3 is 0 Å². The lowest BCUT2D eigenvalue weighted by Crippen LogP contribution is -2.46. The Balaban J connectivity index is 1.18. The summed E-state index contributed by atoms with van der Waals surface area (Å²) >= 11 is 0. The van der Waals surface area contributed by atoms with Crippen molar-refractivity contribution in [2.45, 2.75) is 44.6 Å². The molecule has 3 aliphatic heterocycles. The predicted molar refractivity (Wildman–Crippen MR) is 127 cm³/mol. The van der Waals surface area contributed by atoms with Crippen LogP contribution in [0.3, 0.4) is 0 Å². The molecule has 1 aromatic carbocycles. The van der Waals surface area contributed by atoms with Crippen LogP contribution in [0.5, 0.6) is 11.5 Å². The second-order valence-corrected chi connectivity index (χ2v) is 9.45. The molecule has 0 bridgehead atoms. The van der Waals surface area contributed by atoms with E-state index in [-0.39, 0.29) is 24.2 Å². The average Bonchev–Trinajstić information content (AvgIpc) is 3.50. The molecule has 8 nitrogen and oxygen atoms in total. The molecule has 0 saturated carbocycles. The summed E-state index contributed by atoms with van der Waals surface area (Å²) in [4.78, 5) is 29.0. The SMILES string of the molecule is Cc1nc2c(cc1-c1ncccn1)CC[C@@]1(CCN(C(=O)C(C)c3ccc4c(c3)OCO4)C1)N2. The Labute approximate surface area is 198 Å². The Bertz CT molecular complexity index is 1260. The van der Waals surface area contributed by atoms with E-state index in [4.69, 9.17) is 14.5 Å². The Morgan fingerprint density at radius 1 is 1.15 bits per heavy atom. The minimum atomic E-state index is -0.241. The van der Waals surface area contributed by atoms with E-state index >= 15 is 0 Å². The molecular formula is C26H27N5O3. The van der Waals surface area contributed by atoms with Crippen LogP contribution in [-0.2, 0) is 11.2 Å². The molecule has 1 spiro atoms. The van der Waals surface area contributed by atoms with Gasteiger partial charge in [0.2, 0.25) is 12.7 Å². The lowest BCUT2D eigenvalue weighted by Gasteiger charge is -2.36. The maximum Gasteiger partial charge on any atom is 0.231 e. The van der Waals surface area contributed by atoms with Crippen molar-refractivity contribution < 1.29 is 14.3 Å². The molecule has 2 atom stereocenters. The lowest BCUT2D eigenvalue weighted by molar-refractivity contribution is -0.131. The van der Waals surface area contributed by atoms with Crippen LogP contribution in [0.2, 0.25) is 0 Å². The van der Waals surface area contributed by atoms with E-state index in [1.54, 1.807) is 12.4 Å². The third-order valence-electron chi connectivity index (χ3n) is 7.29. The number of benzene rings is 1. The number of carbonyl (C=O) groups excluding carboxylic acids is 1. The highest BCUT2D eigenvalue weighted by Crippen LogP contribution is 2.39. The maximum atomic E-state index is 13.4. The Kier molecular flexibility index (Phi) is 4.90. The van der Waals surface area contributed by atoms with E-state index in [2.05, 4.69) is 21.4 Å². The fourth-order valence-electron chi connectivity index (χ4n) is 5.26.